The third kappa shape index (κ3) is 4.11. The van der Waals surface area contributed by atoms with Gasteiger partial charge < -0.3 is 10.5 Å². The van der Waals surface area contributed by atoms with Crippen LogP contribution in [-0.2, 0) is 0 Å². The summed E-state index contributed by atoms with van der Waals surface area (Å²) in [6.07, 6.45) is 3.31. The standard InChI is InChI=1S/C14H16N4O2S/c15-11-9-17-6-5-13(11)21-8-7-20-12-4-2-1-3-10(12)14(19)18-16/h1-6,9H,7-8,15-16H2,(H,18,19). The molecule has 0 aliphatic rings. The molecule has 0 saturated carbocycles. The quantitative estimate of drug-likeness (QED) is 0.245. The molecule has 1 amide bonds. The lowest BCUT2D eigenvalue weighted by Gasteiger charge is -2.10. The number of amides is 1. The number of carbonyl (C=O) groups excluding carboxylic acids is 1. The number of nitrogens with one attached hydrogen (secondary N) is 1. The Morgan fingerprint density at radius 3 is 2.90 bits per heavy atom. The van der Waals surface area contributed by atoms with Gasteiger partial charge in [0.25, 0.3) is 5.91 Å². The number of hydrogen-bond acceptors (Lipinski definition) is 6. The Morgan fingerprint density at radius 2 is 2.14 bits per heavy atom. The number of anilines is 1. The smallest absolute Gasteiger partial charge is 0.268 e. The Hall–Kier alpha value is -2.25. The highest BCUT2D eigenvalue weighted by Crippen LogP contribution is 2.24. The molecule has 0 unspecified atom stereocenters. The molecule has 0 radical (unpaired) electrons. The van der Waals surface area contributed by atoms with Gasteiger partial charge in [0.15, 0.2) is 0 Å². The minimum Gasteiger partial charge on any atom is -0.492 e. The fourth-order valence-corrected chi connectivity index (χ4v) is 2.45. The van der Waals surface area contributed by atoms with Gasteiger partial charge in [-0.25, -0.2) is 5.84 Å². The van der Waals surface area contributed by atoms with Gasteiger partial charge in [-0.15, -0.1) is 11.8 Å². The van der Waals surface area contributed by atoms with Crippen LogP contribution in [0.5, 0.6) is 5.75 Å². The molecule has 5 N–H and O–H groups in total. The van der Waals surface area contributed by atoms with Crippen LogP contribution in [-0.4, -0.2) is 23.3 Å². The van der Waals surface area contributed by atoms with Crippen molar-refractivity contribution in [1.29, 1.82) is 0 Å². The van der Waals surface area contributed by atoms with Crippen molar-refractivity contribution in [3.63, 3.8) is 0 Å². The van der Waals surface area contributed by atoms with Crippen molar-refractivity contribution in [2.75, 3.05) is 18.1 Å². The number of rotatable bonds is 6. The number of hydrazine groups is 1. The van der Waals surface area contributed by atoms with E-state index in [1.54, 1.807) is 48.4 Å². The largest absolute Gasteiger partial charge is 0.492 e. The molecule has 0 bridgehead atoms. The second-order valence-electron chi connectivity index (χ2n) is 4.08. The Bertz CT molecular complexity index is 621. The van der Waals surface area contributed by atoms with Crippen LogP contribution < -0.4 is 21.7 Å². The molecule has 0 atom stereocenters. The number of ether oxygens (including phenoxy) is 1. The van der Waals surface area contributed by atoms with E-state index >= 15 is 0 Å². The summed E-state index contributed by atoms with van der Waals surface area (Å²) in [5.41, 5.74) is 8.96. The molecule has 0 fully saturated rings. The summed E-state index contributed by atoms with van der Waals surface area (Å²) < 4.78 is 5.63. The molecule has 0 aliphatic carbocycles. The number of nitrogen functional groups attached to an aromatic ring is 2. The topological polar surface area (TPSA) is 103 Å². The predicted molar refractivity (Wildman–Crippen MR) is 83.0 cm³/mol. The summed E-state index contributed by atoms with van der Waals surface area (Å²) >= 11 is 1.57. The van der Waals surface area contributed by atoms with E-state index in [9.17, 15) is 4.79 Å². The zero-order chi connectivity index (χ0) is 15.1. The van der Waals surface area contributed by atoms with Crippen molar-refractivity contribution in [2.45, 2.75) is 4.90 Å². The number of aromatic nitrogens is 1. The summed E-state index contributed by atoms with van der Waals surface area (Å²) in [6, 6.07) is 8.80. The minimum absolute atomic E-state index is 0.378. The summed E-state index contributed by atoms with van der Waals surface area (Å²) in [5.74, 6) is 5.97. The summed E-state index contributed by atoms with van der Waals surface area (Å²) in [5, 5.41) is 0. The average molecular weight is 304 g/mol. The lowest BCUT2D eigenvalue weighted by molar-refractivity contribution is 0.0950. The summed E-state index contributed by atoms with van der Waals surface area (Å²) in [6.45, 7) is 0.446. The minimum atomic E-state index is -0.378. The maximum atomic E-state index is 11.6. The van der Waals surface area contributed by atoms with Gasteiger partial charge in [0, 0.05) is 16.8 Å². The van der Waals surface area contributed by atoms with E-state index in [4.69, 9.17) is 16.3 Å². The average Bonchev–Trinajstić information content (AvgIpc) is 2.52. The van der Waals surface area contributed by atoms with E-state index in [1.165, 1.54) is 0 Å². The first-order valence-corrected chi connectivity index (χ1v) is 7.26. The molecular formula is C14H16N4O2S. The van der Waals surface area contributed by atoms with Crippen molar-refractivity contribution in [1.82, 2.24) is 10.4 Å². The highest BCUT2D eigenvalue weighted by Gasteiger charge is 2.10. The van der Waals surface area contributed by atoms with Crippen LogP contribution in [0.4, 0.5) is 5.69 Å². The Kier molecular flexibility index (Phi) is 5.42. The highest BCUT2D eigenvalue weighted by molar-refractivity contribution is 7.99. The Morgan fingerprint density at radius 1 is 1.33 bits per heavy atom. The lowest BCUT2D eigenvalue weighted by Crippen LogP contribution is -2.30. The van der Waals surface area contributed by atoms with Crippen LogP contribution in [0, 0.1) is 0 Å². The van der Waals surface area contributed by atoms with E-state index in [0.29, 0.717) is 29.4 Å². The van der Waals surface area contributed by atoms with Gasteiger partial charge in [-0.1, -0.05) is 12.1 Å². The number of nitrogens with two attached hydrogens (primary N) is 2. The number of pyridine rings is 1. The molecule has 110 valence electrons. The van der Waals surface area contributed by atoms with Crippen molar-refractivity contribution < 1.29 is 9.53 Å². The first kappa shape index (κ1) is 15.1. The molecule has 1 aromatic carbocycles. The number of benzene rings is 1. The van der Waals surface area contributed by atoms with Crippen LogP contribution in [0.1, 0.15) is 10.4 Å². The third-order valence-electron chi connectivity index (χ3n) is 2.67. The van der Waals surface area contributed by atoms with Gasteiger partial charge >= 0.3 is 0 Å². The van der Waals surface area contributed by atoms with Crippen LogP contribution in [0.25, 0.3) is 0 Å². The molecule has 6 nitrogen and oxygen atoms in total. The van der Waals surface area contributed by atoms with Gasteiger partial charge in [-0.05, 0) is 18.2 Å². The van der Waals surface area contributed by atoms with Crippen LogP contribution >= 0.6 is 11.8 Å². The van der Waals surface area contributed by atoms with Crippen LogP contribution in [0.3, 0.4) is 0 Å². The van der Waals surface area contributed by atoms with Gasteiger partial charge in [-0.2, -0.15) is 0 Å². The van der Waals surface area contributed by atoms with E-state index in [-0.39, 0.29) is 5.91 Å². The second kappa shape index (κ2) is 7.51. The molecule has 0 spiro atoms. The maximum absolute atomic E-state index is 11.6. The van der Waals surface area contributed by atoms with Gasteiger partial charge in [-0.3, -0.25) is 15.2 Å². The Balaban J connectivity index is 1.90. The second-order valence-corrected chi connectivity index (χ2v) is 5.22. The molecular weight excluding hydrogens is 288 g/mol. The number of thioether (sulfide) groups is 1. The zero-order valence-corrected chi connectivity index (χ0v) is 12.1. The number of para-hydroxylation sites is 1. The van der Waals surface area contributed by atoms with Gasteiger partial charge in [0.1, 0.15) is 5.75 Å². The van der Waals surface area contributed by atoms with Crippen molar-refractivity contribution in [3.05, 3.63) is 48.3 Å². The Labute approximate surface area is 126 Å². The zero-order valence-electron chi connectivity index (χ0n) is 11.3. The summed E-state index contributed by atoms with van der Waals surface area (Å²) in [7, 11) is 0. The van der Waals surface area contributed by atoms with Crippen molar-refractivity contribution in [2.24, 2.45) is 5.84 Å². The molecule has 0 saturated heterocycles. The lowest BCUT2D eigenvalue weighted by atomic mass is 10.2. The molecule has 2 aromatic rings. The fraction of sp³-hybridized carbons (Fsp3) is 0.143. The fourth-order valence-electron chi connectivity index (χ4n) is 1.69. The predicted octanol–water partition coefficient (Wildman–Crippen LogP) is 1.44. The van der Waals surface area contributed by atoms with E-state index in [1.807, 2.05) is 6.07 Å². The van der Waals surface area contributed by atoms with Crippen LogP contribution in [0.15, 0.2) is 47.6 Å². The molecule has 0 aliphatic heterocycles. The number of carbonyl (C=O) groups is 1. The normalized spacial score (nSPS) is 10.1. The number of hydrogen-bond donors (Lipinski definition) is 3. The monoisotopic (exact) mass is 304 g/mol. The van der Waals surface area contributed by atoms with E-state index in [0.717, 1.165) is 4.90 Å². The third-order valence-corrected chi connectivity index (χ3v) is 3.72. The molecule has 7 heteroatoms. The van der Waals surface area contributed by atoms with E-state index in [2.05, 4.69) is 10.4 Å². The molecule has 1 heterocycles. The van der Waals surface area contributed by atoms with Crippen LogP contribution in [0.2, 0.25) is 0 Å². The molecule has 1 aromatic heterocycles. The first-order chi connectivity index (χ1) is 10.2. The van der Waals surface area contributed by atoms with Gasteiger partial charge in [0.05, 0.1) is 24.1 Å². The highest BCUT2D eigenvalue weighted by atomic mass is 32.2. The molecule has 2 rings (SSSR count). The maximum Gasteiger partial charge on any atom is 0.268 e. The van der Waals surface area contributed by atoms with E-state index < -0.39 is 0 Å². The van der Waals surface area contributed by atoms with Crippen molar-refractivity contribution in [3.8, 4) is 5.75 Å². The van der Waals surface area contributed by atoms with Gasteiger partial charge in [0.2, 0.25) is 0 Å². The number of nitrogens with zero attached hydrogens (tertiary/aromatic N) is 1. The molecule has 21 heavy (non-hydrogen) atoms. The first-order valence-electron chi connectivity index (χ1n) is 6.27. The summed E-state index contributed by atoms with van der Waals surface area (Å²) in [4.78, 5) is 16.5. The SMILES string of the molecule is NNC(=O)c1ccccc1OCCSc1ccncc1N. The van der Waals surface area contributed by atoms with Crippen molar-refractivity contribution >= 4 is 23.4 Å².